The molecule has 0 aliphatic rings. The SMILES string of the molecule is Nc1cc(NC(=O)c2ccccc2N)on1. The summed E-state index contributed by atoms with van der Waals surface area (Å²) in [6.45, 7) is 0. The number of nitrogen functional groups attached to an aromatic ring is 2. The van der Waals surface area contributed by atoms with Gasteiger partial charge in [-0.1, -0.05) is 17.3 Å². The van der Waals surface area contributed by atoms with Gasteiger partial charge in [0.2, 0.25) is 5.88 Å². The van der Waals surface area contributed by atoms with Crippen LogP contribution < -0.4 is 16.8 Å². The number of aromatic nitrogens is 1. The molecule has 0 radical (unpaired) electrons. The number of hydrogen-bond acceptors (Lipinski definition) is 5. The van der Waals surface area contributed by atoms with Gasteiger partial charge in [0, 0.05) is 11.8 Å². The Kier molecular flexibility index (Phi) is 2.47. The third-order valence-electron chi connectivity index (χ3n) is 1.97. The zero-order valence-electron chi connectivity index (χ0n) is 8.31. The van der Waals surface area contributed by atoms with Gasteiger partial charge in [-0.3, -0.25) is 10.1 Å². The van der Waals surface area contributed by atoms with Gasteiger partial charge in [-0.15, -0.1) is 0 Å². The lowest BCUT2D eigenvalue weighted by Gasteiger charge is -2.03. The van der Waals surface area contributed by atoms with Crippen molar-refractivity contribution >= 4 is 23.3 Å². The van der Waals surface area contributed by atoms with Crippen molar-refractivity contribution in [2.45, 2.75) is 0 Å². The van der Waals surface area contributed by atoms with Crippen LogP contribution in [0.4, 0.5) is 17.4 Å². The largest absolute Gasteiger partial charge is 0.398 e. The van der Waals surface area contributed by atoms with Gasteiger partial charge >= 0.3 is 0 Å². The highest BCUT2D eigenvalue weighted by Gasteiger charge is 2.11. The van der Waals surface area contributed by atoms with E-state index in [1.807, 2.05) is 0 Å². The summed E-state index contributed by atoms with van der Waals surface area (Å²) in [4.78, 5) is 11.7. The van der Waals surface area contributed by atoms with Crippen LogP contribution in [0.1, 0.15) is 10.4 Å². The van der Waals surface area contributed by atoms with Gasteiger partial charge in [-0.2, -0.15) is 0 Å². The number of nitrogens with zero attached hydrogens (tertiary/aromatic N) is 1. The molecule has 0 spiro atoms. The molecule has 0 atom stereocenters. The molecule has 82 valence electrons. The summed E-state index contributed by atoms with van der Waals surface area (Å²) in [5.74, 6) is 0.0244. The smallest absolute Gasteiger partial charge is 0.260 e. The predicted octanol–water partition coefficient (Wildman–Crippen LogP) is 1.09. The number of para-hydroxylation sites is 1. The average molecular weight is 218 g/mol. The normalized spacial score (nSPS) is 10.0. The Morgan fingerprint density at radius 2 is 2.06 bits per heavy atom. The van der Waals surface area contributed by atoms with E-state index in [4.69, 9.17) is 16.0 Å². The molecule has 5 N–H and O–H groups in total. The van der Waals surface area contributed by atoms with Crippen molar-refractivity contribution in [1.82, 2.24) is 5.16 Å². The number of amides is 1. The van der Waals surface area contributed by atoms with Gasteiger partial charge in [-0.25, -0.2) is 0 Å². The number of carbonyl (C=O) groups excluding carboxylic acids is 1. The second-order valence-electron chi connectivity index (χ2n) is 3.16. The van der Waals surface area contributed by atoms with Crippen LogP contribution in [0, 0.1) is 0 Å². The first kappa shape index (κ1) is 10.0. The first-order chi connectivity index (χ1) is 7.66. The van der Waals surface area contributed by atoms with Crippen LogP contribution in [0.3, 0.4) is 0 Å². The van der Waals surface area contributed by atoms with Gasteiger partial charge in [0.15, 0.2) is 5.82 Å². The highest BCUT2D eigenvalue weighted by molar-refractivity contribution is 6.07. The number of nitrogens with two attached hydrogens (primary N) is 2. The molecule has 0 saturated heterocycles. The number of carbonyl (C=O) groups is 1. The summed E-state index contributed by atoms with van der Waals surface area (Å²) in [6.07, 6.45) is 0. The second kappa shape index (κ2) is 3.93. The number of anilines is 3. The van der Waals surface area contributed by atoms with Crippen molar-refractivity contribution in [2.75, 3.05) is 16.8 Å². The standard InChI is InChI=1S/C10H10N4O2/c11-7-4-2-1-3-6(7)10(15)13-9-5-8(12)14-16-9/h1-5H,11H2,(H2,12,14)(H,13,15). The number of rotatable bonds is 2. The monoisotopic (exact) mass is 218 g/mol. The van der Waals surface area contributed by atoms with Crippen molar-refractivity contribution in [3.8, 4) is 0 Å². The summed E-state index contributed by atoms with van der Waals surface area (Å²) in [7, 11) is 0. The number of benzene rings is 1. The quantitative estimate of drug-likeness (QED) is 0.654. The maximum atomic E-state index is 11.7. The molecule has 0 aliphatic carbocycles. The van der Waals surface area contributed by atoms with Crippen LogP contribution in [0.25, 0.3) is 0 Å². The predicted molar refractivity (Wildman–Crippen MR) is 59.7 cm³/mol. The van der Waals surface area contributed by atoms with Crippen molar-refractivity contribution in [2.24, 2.45) is 0 Å². The summed E-state index contributed by atoms with van der Waals surface area (Å²) >= 11 is 0. The fraction of sp³-hybridized carbons (Fsp3) is 0. The molecule has 0 unspecified atom stereocenters. The molecule has 6 nitrogen and oxygen atoms in total. The third-order valence-corrected chi connectivity index (χ3v) is 1.97. The van der Waals surface area contributed by atoms with E-state index in [1.54, 1.807) is 24.3 Å². The molecule has 6 heteroatoms. The van der Waals surface area contributed by atoms with Gasteiger partial charge in [0.1, 0.15) is 0 Å². The van der Waals surface area contributed by atoms with E-state index in [2.05, 4.69) is 10.5 Å². The average Bonchev–Trinajstić information content (AvgIpc) is 2.64. The Labute approximate surface area is 91.2 Å². The lowest BCUT2D eigenvalue weighted by atomic mass is 10.2. The molecular weight excluding hydrogens is 208 g/mol. The summed E-state index contributed by atoms with van der Waals surface area (Å²) in [6, 6.07) is 8.14. The Balaban J connectivity index is 2.18. The van der Waals surface area contributed by atoms with Crippen molar-refractivity contribution in [3.05, 3.63) is 35.9 Å². The van der Waals surface area contributed by atoms with Crippen molar-refractivity contribution < 1.29 is 9.32 Å². The van der Waals surface area contributed by atoms with Crippen molar-refractivity contribution in [1.29, 1.82) is 0 Å². The third kappa shape index (κ3) is 1.95. The Morgan fingerprint density at radius 1 is 1.31 bits per heavy atom. The fourth-order valence-corrected chi connectivity index (χ4v) is 1.23. The van der Waals surface area contributed by atoms with E-state index >= 15 is 0 Å². The molecule has 1 heterocycles. The zero-order chi connectivity index (χ0) is 11.5. The molecule has 1 amide bonds. The van der Waals surface area contributed by atoms with Crippen LogP contribution in [-0.4, -0.2) is 11.1 Å². The first-order valence-electron chi connectivity index (χ1n) is 4.55. The number of nitrogens with one attached hydrogen (secondary N) is 1. The van der Waals surface area contributed by atoms with Gasteiger partial charge in [-0.05, 0) is 12.1 Å². The van der Waals surface area contributed by atoms with Crippen LogP contribution in [0.5, 0.6) is 0 Å². The van der Waals surface area contributed by atoms with Gasteiger partial charge in [0.05, 0.1) is 5.56 Å². The van der Waals surface area contributed by atoms with Crippen molar-refractivity contribution in [3.63, 3.8) is 0 Å². The molecular formula is C10H10N4O2. The minimum absolute atomic E-state index is 0.186. The summed E-state index contributed by atoms with van der Waals surface area (Å²) in [5, 5.41) is 5.93. The molecule has 0 bridgehead atoms. The molecule has 16 heavy (non-hydrogen) atoms. The van der Waals surface area contributed by atoms with E-state index in [-0.39, 0.29) is 17.6 Å². The summed E-state index contributed by atoms with van der Waals surface area (Å²) < 4.78 is 4.75. The van der Waals surface area contributed by atoms with Crippen LogP contribution in [0.2, 0.25) is 0 Å². The van der Waals surface area contributed by atoms with Crippen LogP contribution in [-0.2, 0) is 0 Å². The molecule has 0 aliphatic heterocycles. The topological polar surface area (TPSA) is 107 Å². The van der Waals surface area contributed by atoms with Crippen LogP contribution in [0.15, 0.2) is 34.9 Å². The molecule has 2 aromatic rings. The lowest BCUT2D eigenvalue weighted by Crippen LogP contribution is -2.13. The molecule has 1 aromatic heterocycles. The van der Waals surface area contributed by atoms with Gasteiger partial charge in [0.25, 0.3) is 5.91 Å². The highest BCUT2D eigenvalue weighted by atomic mass is 16.5. The second-order valence-corrected chi connectivity index (χ2v) is 3.16. The zero-order valence-corrected chi connectivity index (χ0v) is 8.31. The Morgan fingerprint density at radius 3 is 2.69 bits per heavy atom. The van der Waals surface area contributed by atoms with E-state index in [1.165, 1.54) is 6.07 Å². The van der Waals surface area contributed by atoms with Crippen LogP contribution >= 0.6 is 0 Å². The highest BCUT2D eigenvalue weighted by Crippen LogP contribution is 2.15. The number of hydrogen-bond donors (Lipinski definition) is 3. The Hall–Kier alpha value is -2.50. The molecule has 0 fully saturated rings. The minimum atomic E-state index is -0.366. The van der Waals surface area contributed by atoms with E-state index in [0.717, 1.165) is 0 Å². The molecule has 2 rings (SSSR count). The van der Waals surface area contributed by atoms with E-state index in [9.17, 15) is 4.79 Å². The molecule has 1 aromatic carbocycles. The maximum Gasteiger partial charge on any atom is 0.260 e. The lowest BCUT2D eigenvalue weighted by molar-refractivity contribution is 0.102. The fourth-order valence-electron chi connectivity index (χ4n) is 1.23. The first-order valence-corrected chi connectivity index (χ1v) is 4.55. The van der Waals surface area contributed by atoms with E-state index < -0.39 is 0 Å². The van der Waals surface area contributed by atoms with E-state index in [0.29, 0.717) is 11.3 Å². The minimum Gasteiger partial charge on any atom is -0.398 e. The molecule has 0 saturated carbocycles. The summed E-state index contributed by atoms with van der Waals surface area (Å²) in [5.41, 5.74) is 11.8. The Bertz CT molecular complexity index is 521. The van der Waals surface area contributed by atoms with Gasteiger partial charge < -0.3 is 16.0 Å². The maximum absolute atomic E-state index is 11.7.